The first-order valence-corrected chi connectivity index (χ1v) is 9.32. The fraction of sp³-hybridized carbons (Fsp3) is 0.368. The van der Waals surface area contributed by atoms with Crippen LogP contribution in [0.15, 0.2) is 36.4 Å². The first-order chi connectivity index (χ1) is 12.0. The zero-order chi connectivity index (χ0) is 17.4. The summed E-state index contributed by atoms with van der Waals surface area (Å²) in [7, 11) is 0. The van der Waals surface area contributed by atoms with Crippen LogP contribution in [0, 0.1) is 6.92 Å². The maximum atomic E-state index is 12.6. The Morgan fingerprint density at radius 2 is 1.88 bits per heavy atom. The van der Waals surface area contributed by atoms with Crippen LogP contribution in [0.5, 0.6) is 0 Å². The van der Waals surface area contributed by atoms with Crippen molar-refractivity contribution in [2.45, 2.75) is 32.1 Å². The Balaban J connectivity index is 1.50. The van der Waals surface area contributed by atoms with Gasteiger partial charge in [-0.1, -0.05) is 19.1 Å². The van der Waals surface area contributed by atoms with E-state index < -0.39 is 0 Å². The lowest BCUT2D eigenvalue weighted by atomic mass is 9.81. The predicted octanol–water partition coefficient (Wildman–Crippen LogP) is 3.59. The molecule has 0 aliphatic carbocycles. The molecule has 3 heterocycles. The van der Waals surface area contributed by atoms with Gasteiger partial charge in [0, 0.05) is 18.5 Å². The highest BCUT2D eigenvalue weighted by molar-refractivity contribution is 7.18. The fourth-order valence-corrected chi connectivity index (χ4v) is 4.39. The minimum atomic E-state index is -0.0288. The van der Waals surface area contributed by atoms with Gasteiger partial charge in [-0.05, 0) is 44.0 Å². The average Bonchev–Trinajstić information content (AvgIpc) is 3.08. The molecule has 25 heavy (non-hydrogen) atoms. The predicted molar refractivity (Wildman–Crippen MR) is 98.9 cm³/mol. The molecule has 6 heteroatoms. The Morgan fingerprint density at radius 1 is 1.12 bits per heavy atom. The molecule has 1 amide bonds. The van der Waals surface area contributed by atoms with E-state index in [1.807, 2.05) is 24.0 Å². The molecule has 128 valence electrons. The van der Waals surface area contributed by atoms with Crippen molar-refractivity contribution >= 4 is 27.5 Å². The molecule has 1 aliphatic rings. The number of aryl methyl sites for hydroxylation is 1. The largest absolute Gasteiger partial charge is 0.337 e. The van der Waals surface area contributed by atoms with Crippen molar-refractivity contribution in [1.82, 2.24) is 20.1 Å². The van der Waals surface area contributed by atoms with Gasteiger partial charge < -0.3 is 4.90 Å². The van der Waals surface area contributed by atoms with Crippen LogP contribution in [-0.4, -0.2) is 39.1 Å². The number of para-hydroxylation sites is 1. The number of carbonyl (C=O) groups excluding carboxylic acids is 1. The number of rotatable bonds is 2. The van der Waals surface area contributed by atoms with E-state index in [0.29, 0.717) is 5.69 Å². The third-order valence-electron chi connectivity index (χ3n) is 4.98. The Kier molecular flexibility index (Phi) is 4.00. The molecule has 2 aromatic heterocycles. The summed E-state index contributed by atoms with van der Waals surface area (Å²) >= 11 is 1.77. The van der Waals surface area contributed by atoms with Crippen LogP contribution in [0.3, 0.4) is 0 Å². The topological polar surface area (TPSA) is 59.0 Å². The number of likely N-dealkylation sites (tertiary alicyclic amines) is 1. The van der Waals surface area contributed by atoms with Crippen molar-refractivity contribution in [1.29, 1.82) is 0 Å². The number of hydrogen-bond acceptors (Lipinski definition) is 5. The molecule has 0 atom stereocenters. The molecule has 0 bridgehead atoms. The van der Waals surface area contributed by atoms with Crippen molar-refractivity contribution in [2.24, 2.45) is 0 Å². The minimum Gasteiger partial charge on any atom is -0.337 e. The number of aromatic nitrogens is 3. The van der Waals surface area contributed by atoms with Crippen LogP contribution < -0.4 is 0 Å². The summed E-state index contributed by atoms with van der Waals surface area (Å²) in [5.74, 6) is -0.0288. The van der Waals surface area contributed by atoms with Gasteiger partial charge in [0.15, 0.2) is 5.69 Å². The number of hydrogen-bond donors (Lipinski definition) is 0. The van der Waals surface area contributed by atoms with E-state index in [1.165, 1.54) is 9.71 Å². The zero-order valence-electron chi connectivity index (χ0n) is 14.4. The molecule has 0 saturated carbocycles. The van der Waals surface area contributed by atoms with E-state index in [9.17, 15) is 4.79 Å². The quantitative estimate of drug-likeness (QED) is 0.707. The zero-order valence-corrected chi connectivity index (χ0v) is 15.2. The number of thiazole rings is 1. The van der Waals surface area contributed by atoms with Gasteiger partial charge in [0.25, 0.3) is 5.91 Å². The average molecular weight is 352 g/mol. The van der Waals surface area contributed by atoms with Crippen LogP contribution in [0.25, 0.3) is 10.2 Å². The van der Waals surface area contributed by atoms with Gasteiger partial charge in [-0.3, -0.25) is 4.79 Å². The Morgan fingerprint density at radius 3 is 2.56 bits per heavy atom. The summed E-state index contributed by atoms with van der Waals surface area (Å²) in [6.07, 6.45) is 1.83. The summed E-state index contributed by atoms with van der Waals surface area (Å²) in [6.45, 7) is 5.57. The van der Waals surface area contributed by atoms with Crippen molar-refractivity contribution in [2.75, 3.05) is 13.1 Å². The molecule has 1 aromatic carbocycles. The molecule has 0 spiro atoms. The number of piperidine rings is 1. The van der Waals surface area contributed by atoms with Gasteiger partial charge in [-0.2, -0.15) is 5.10 Å². The van der Waals surface area contributed by atoms with Crippen molar-refractivity contribution < 1.29 is 4.79 Å². The van der Waals surface area contributed by atoms with Gasteiger partial charge in [-0.25, -0.2) is 4.98 Å². The second-order valence-electron chi connectivity index (χ2n) is 6.90. The van der Waals surface area contributed by atoms with Gasteiger partial charge >= 0.3 is 0 Å². The van der Waals surface area contributed by atoms with Crippen molar-refractivity contribution in [3.63, 3.8) is 0 Å². The first kappa shape index (κ1) is 16.1. The number of amides is 1. The molecule has 1 saturated heterocycles. The molecule has 5 nitrogen and oxygen atoms in total. The minimum absolute atomic E-state index is 0.0272. The van der Waals surface area contributed by atoms with Crippen LogP contribution in [-0.2, 0) is 5.41 Å². The van der Waals surface area contributed by atoms with Gasteiger partial charge in [0.2, 0.25) is 0 Å². The van der Waals surface area contributed by atoms with E-state index in [-0.39, 0.29) is 11.3 Å². The SMILES string of the molecule is Cc1ccc(C(=O)N2CCC(C)(c3nc4ccccc4s3)CC2)nn1. The molecule has 1 aliphatic heterocycles. The normalized spacial score (nSPS) is 17.0. The Bertz CT molecular complexity index is 878. The highest BCUT2D eigenvalue weighted by atomic mass is 32.1. The summed E-state index contributed by atoms with van der Waals surface area (Å²) < 4.78 is 1.23. The summed E-state index contributed by atoms with van der Waals surface area (Å²) in [6, 6.07) is 11.8. The lowest BCUT2D eigenvalue weighted by Crippen LogP contribution is -2.44. The highest BCUT2D eigenvalue weighted by Crippen LogP contribution is 2.39. The molecule has 0 N–H and O–H groups in total. The van der Waals surface area contributed by atoms with Crippen LogP contribution in [0.2, 0.25) is 0 Å². The Labute approximate surface area is 150 Å². The molecule has 4 rings (SSSR count). The molecule has 0 radical (unpaired) electrons. The monoisotopic (exact) mass is 352 g/mol. The van der Waals surface area contributed by atoms with Crippen LogP contribution >= 0.6 is 11.3 Å². The van der Waals surface area contributed by atoms with Gasteiger partial charge in [0.05, 0.1) is 20.9 Å². The van der Waals surface area contributed by atoms with Crippen molar-refractivity contribution in [3.8, 4) is 0 Å². The molecule has 1 fully saturated rings. The number of nitrogens with zero attached hydrogens (tertiary/aromatic N) is 4. The van der Waals surface area contributed by atoms with Gasteiger partial charge in [-0.15, -0.1) is 16.4 Å². The lowest BCUT2D eigenvalue weighted by molar-refractivity contribution is 0.0669. The van der Waals surface area contributed by atoms with E-state index in [1.54, 1.807) is 17.4 Å². The second kappa shape index (κ2) is 6.19. The fourth-order valence-electron chi connectivity index (χ4n) is 3.22. The number of fused-ring (bicyclic) bond motifs is 1. The van der Waals surface area contributed by atoms with E-state index in [0.717, 1.165) is 37.1 Å². The van der Waals surface area contributed by atoms with Crippen LogP contribution in [0.1, 0.15) is 41.0 Å². The van der Waals surface area contributed by atoms with E-state index in [2.05, 4.69) is 35.3 Å². The van der Waals surface area contributed by atoms with E-state index >= 15 is 0 Å². The summed E-state index contributed by atoms with van der Waals surface area (Å²) in [4.78, 5) is 19.3. The smallest absolute Gasteiger partial charge is 0.274 e. The number of carbonyl (C=O) groups is 1. The standard InChI is InChI=1S/C19H20N4OS/c1-13-7-8-15(22-21-13)17(24)23-11-9-19(2,10-12-23)18-20-14-5-3-4-6-16(14)25-18/h3-8H,9-12H2,1-2H3. The highest BCUT2D eigenvalue weighted by Gasteiger charge is 2.36. The van der Waals surface area contributed by atoms with Crippen molar-refractivity contribution in [3.05, 3.63) is 52.8 Å². The molecule has 0 unspecified atom stereocenters. The second-order valence-corrected chi connectivity index (χ2v) is 7.93. The molecular weight excluding hydrogens is 332 g/mol. The maximum absolute atomic E-state index is 12.6. The Hall–Kier alpha value is -2.34. The van der Waals surface area contributed by atoms with E-state index in [4.69, 9.17) is 4.98 Å². The molecule has 3 aromatic rings. The third kappa shape index (κ3) is 3.02. The molecular formula is C19H20N4OS. The first-order valence-electron chi connectivity index (χ1n) is 8.51. The lowest BCUT2D eigenvalue weighted by Gasteiger charge is -2.37. The maximum Gasteiger partial charge on any atom is 0.274 e. The van der Waals surface area contributed by atoms with Gasteiger partial charge in [0.1, 0.15) is 0 Å². The van der Waals surface area contributed by atoms with Crippen LogP contribution in [0.4, 0.5) is 0 Å². The summed E-state index contributed by atoms with van der Waals surface area (Å²) in [5.41, 5.74) is 2.34. The summed E-state index contributed by atoms with van der Waals surface area (Å²) in [5, 5.41) is 9.19. The third-order valence-corrected chi connectivity index (χ3v) is 6.32. The number of benzene rings is 1.